The lowest BCUT2D eigenvalue weighted by Gasteiger charge is -2.11. The van der Waals surface area contributed by atoms with Gasteiger partial charge < -0.3 is 19.5 Å². The van der Waals surface area contributed by atoms with Gasteiger partial charge >= 0.3 is 0 Å². The van der Waals surface area contributed by atoms with Crippen LogP contribution in [0.2, 0.25) is 0 Å². The minimum absolute atomic E-state index is 0.119. The summed E-state index contributed by atoms with van der Waals surface area (Å²) in [6, 6.07) is 18.7. The van der Waals surface area contributed by atoms with Gasteiger partial charge in [-0.25, -0.2) is 4.98 Å². The molecular formula is C24H21N3O5. The molecule has 0 spiro atoms. The number of carbonyl (C=O) groups is 1. The van der Waals surface area contributed by atoms with Gasteiger partial charge in [0.1, 0.15) is 18.0 Å². The van der Waals surface area contributed by atoms with Crippen molar-refractivity contribution in [1.29, 1.82) is 0 Å². The Morgan fingerprint density at radius 2 is 1.81 bits per heavy atom. The van der Waals surface area contributed by atoms with Crippen LogP contribution in [0.25, 0.3) is 5.65 Å². The quantitative estimate of drug-likeness (QED) is 0.481. The number of ether oxygens (including phenoxy) is 3. The lowest BCUT2D eigenvalue weighted by atomic mass is 10.2. The van der Waals surface area contributed by atoms with E-state index in [0.29, 0.717) is 39.8 Å². The standard InChI is InChI=1S/C24H21N3O5/c1-30-20-10-9-16(12-21(20)31-2)24(29)26-17-6-5-7-19(13-17)32-15-18-14-23(28)27-11-4-3-8-22(27)25-18/h3-14H,15H2,1-2H3,(H,26,29). The van der Waals surface area contributed by atoms with Gasteiger partial charge in [-0.15, -0.1) is 0 Å². The summed E-state index contributed by atoms with van der Waals surface area (Å²) in [5.41, 5.74) is 1.88. The van der Waals surface area contributed by atoms with E-state index in [1.54, 1.807) is 60.8 Å². The second-order valence-corrected chi connectivity index (χ2v) is 6.85. The maximum absolute atomic E-state index is 12.6. The number of methoxy groups -OCH3 is 2. The van der Waals surface area contributed by atoms with Crippen LogP contribution in [0.4, 0.5) is 5.69 Å². The van der Waals surface area contributed by atoms with Crippen molar-refractivity contribution in [3.8, 4) is 17.2 Å². The Kier molecular flexibility index (Phi) is 6.03. The molecule has 4 aromatic rings. The predicted molar refractivity (Wildman–Crippen MR) is 120 cm³/mol. The summed E-state index contributed by atoms with van der Waals surface area (Å²) in [6.45, 7) is 0.119. The average Bonchev–Trinajstić information content (AvgIpc) is 2.82. The van der Waals surface area contributed by atoms with E-state index in [4.69, 9.17) is 14.2 Å². The van der Waals surface area contributed by atoms with Crippen LogP contribution in [0.15, 0.2) is 77.7 Å². The van der Waals surface area contributed by atoms with Gasteiger partial charge in [0.15, 0.2) is 11.5 Å². The van der Waals surface area contributed by atoms with Crippen LogP contribution < -0.4 is 25.1 Å². The van der Waals surface area contributed by atoms with Crippen LogP contribution in [0.5, 0.6) is 17.2 Å². The largest absolute Gasteiger partial charge is 0.493 e. The van der Waals surface area contributed by atoms with E-state index in [-0.39, 0.29) is 18.1 Å². The fourth-order valence-electron chi connectivity index (χ4n) is 3.18. The highest BCUT2D eigenvalue weighted by molar-refractivity contribution is 6.04. The number of hydrogen-bond acceptors (Lipinski definition) is 6. The third kappa shape index (κ3) is 4.54. The number of nitrogens with one attached hydrogen (secondary N) is 1. The number of pyridine rings is 1. The number of anilines is 1. The van der Waals surface area contributed by atoms with E-state index in [9.17, 15) is 9.59 Å². The van der Waals surface area contributed by atoms with E-state index in [1.165, 1.54) is 24.7 Å². The number of rotatable bonds is 7. The van der Waals surface area contributed by atoms with Crippen LogP contribution in [0, 0.1) is 0 Å². The predicted octanol–water partition coefficient (Wildman–Crippen LogP) is 3.54. The average molecular weight is 431 g/mol. The van der Waals surface area contributed by atoms with Crippen LogP contribution in [-0.4, -0.2) is 29.5 Å². The summed E-state index contributed by atoms with van der Waals surface area (Å²) in [5.74, 6) is 1.25. The number of nitrogens with zero attached hydrogens (tertiary/aromatic N) is 2. The molecule has 0 aliphatic rings. The molecule has 32 heavy (non-hydrogen) atoms. The molecule has 0 saturated carbocycles. The molecule has 0 saturated heterocycles. The first-order valence-electron chi connectivity index (χ1n) is 9.81. The second kappa shape index (κ2) is 9.22. The second-order valence-electron chi connectivity index (χ2n) is 6.85. The smallest absolute Gasteiger partial charge is 0.258 e. The molecule has 0 fully saturated rings. The van der Waals surface area contributed by atoms with Crippen molar-refractivity contribution < 1.29 is 19.0 Å². The summed E-state index contributed by atoms with van der Waals surface area (Å²) in [4.78, 5) is 29.3. The topological polar surface area (TPSA) is 91.2 Å². The van der Waals surface area contributed by atoms with Gasteiger partial charge in [0.05, 0.1) is 19.9 Å². The van der Waals surface area contributed by atoms with Gasteiger partial charge in [0.2, 0.25) is 0 Å². The Morgan fingerprint density at radius 3 is 2.62 bits per heavy atom. The maximum atomic E-state index is 12.6. The lowest BCUT2D eigenvalue weighted by Crippen LogP contribution is -2.16. The van der Waals surface area contributed by atoms with Gasteiger partial charge in [0.25, 0.3) is 11.5 Å². The van der Waals surface area contributed by atoms with Crippen molar-refractivity contribution in [3.63, 3.8) is 0 Å². The molecule has 2 aromatic carbocycles. The molecule has 2 heterocycles. The van der Waals surface area contributed by atoms with Crippen molar-refractivity contribution in [2.24, 2.45) is 0 Å². The zero-order valence-electron chi connectivity index (χ0n) is 17.6. The van der Waals surface area contributed by atoms with Gasteiger partial charge in [-0.05, 0) is 42.5 Å². The van der Waals surface area contributed by atoms with E-state index in [1.807, 2.05) is 6.07 Å². The van der Waals surface area contributed by atoms with Crippen molar-refractivity contribution in [2.75, 3.05) is 19.5 Å². The Labute approximate surface area is 184 Å². The normalized spacial score (nSPS) is 10.6. The van der Waals surface area contributed by atoms with Crippen LogP contribution in [0.1, 0.15) is 16.1 Å². The van der Waals surface area contributed by atoms with Crippen LogP contribution in [0.3, 0.4) is 0 Å². The maximum Gasteiger partial charge on any atom is 0.258 e. The Morgan fingerprint density at radius 1 is 0.969 bits per heavy atom. The lowest BCUT2D eigenvalue weighted by molar-refractivity contribution is 0.102. The zero-order valence-corrected chi connectivity index (χ0v) is 17.6. The molecular weight excluding hydrogens is 410 g/mol. The molecule has 4 rings (SSSR count). The highest BCUT2D eigenvalue weighted by Crippen LogP contribution is 2.28. The monoisotopic (exact) mass is 431 g/mol. The summed E-state index contributed by atoms with van der Waals surface area (Å²) in [6.07, 6.45) is 1.67. The molecule has 8 nitrogen and oxygen atoms in total. The molecule has 0 unspecified atom stereocenters. The highest BCUT2D eigenvalue weighted by Gasteiger charge is 2.11. The first-order chi connectivity index (χ1) is 15.6. The zero-order chi connectivity index (χ0) is 22.5. The number of amides is 1. The molecule has 162 valence electrons. The van der Waals surface area contributed by atoms with Crippen molar-refractivity contribution in [3.05, 3.63) is 94.5 Å². The van der Waals surface area contributed by atoms with Crippen LogP contribution in [-0.2, 0) is 6.61 Å². The number of fused-ring (bicyclic) bond motifs is 1. The molecule has 0 radical (unpaired) electrons. The summed E-state index contributed by atoms with van der Waals surface area (Å²) in [7, 11) is 3.05. The van der Waals surface area contributed by atoms with Crippen molar-refractivity contribution in [1.82, 2.24) is 9.38 Å². The number of benzene rings is 2. The fourth-order valence-corrected chi connectivity index (χ4v) is 3.18. The van der Waals surface area contributed by atoms with E-state index >= 15 is 0 Å². The highest BCUT2D eigenvalue weighted by atomic mass is 16.5. The Hall–Kier alpha value is -4.33. The van der Waals surface area contributed by atoms with Crippen molar-refractivity contribution in [2.45, 2.75) is 6.61 Å². The first kappa shape index (κ1) is 20.9. The molecule has 1 amide bonds. The van der Waals surface area contributed by atoms with E-state index in [0.717, 1.165) is 0 Å². The molecule has 0 aliphatic carbocycles. The van der Waals surface area contributed by atoms with E-state index < -0.39 is 0 Å². The number of aromatic nitrogens is 2. The molecule has 0 atom stereocenters. The number of carbonyl (C=O) groups excluding carboxylic acids is 1. The van der Waals surface area contributed by atoms with Gasteiger partial charge in [-0.3, -0.25) is 14.0 Å². The molecule has 2 aromatic heterocycles. The third-order valence-electron chi connectivity index (χ3n) is 4.75. The van der Waals surface area contributed by atoms with Crippen LogP contribution >= 0.6 is 0 Å². The van der Waals surface area contributed by atoms with Gasteiger partial charge in [0, 0.05) is 29.6 Å². The molecule has 0 bridgehead atoms. The SMILES string of the molecule is COc1ccc(C(=O)Nc2cccc(OCc3cc(=O)n4ccccc4n3)c2)cc1OC. The summed E-state index contributed by atoms with van der Waals surface area (Å²) >= 11 is 0. The fraction of sp³-hybridized carbons (Fsp3) is 0.125. The molecule has 0 aliphatic heterocycles. The minimum atomic E-state index is -0.299. The summed E-state index contributed by atoms with van der Waals surface area (Å²) in [5, 5.41) is 2.83. The van der Waals surface area contributed by atoms with Crippen molar-refractivity contribution >= 4 is 17.2 Å². The molecule has 1 N–H and O–H groups in total. The summed E-state index contributed by atoms with van der Waals surface area (Å²) < 4.78 is 17.7. The third-order valence-corrected chi connectivity index (χ3v) is 4.75. The number of hydrogen-bond donors (Lipinski definition) is 1. The Bertz CT molecular complexity index is 1330. The first-order valence-corrected chi connectivity index (χ1v) is 9.81. The minimum Gasteiger partial charge on any atom is -0.493 e. The van der Waals surface area contributed by atoms with E-state index in [2.05, 4.69) is 10.3 Å². The molecule has 8 heteroatoms. The van der Waals surface area contributed by atoms with Gasteiger partial charge in [-0.1, -0.05) is 12.1 Å². The van der Waals surface area contributed by atoms with Gasteiger partial charge in [-0.2, -0.15) is 0 Å². The Balaban J connectivity index is 1.46.